The molecular weight excluding hydrogens is 218 g/mol. The van der Waals surface area contributed by atoms with Crippen molar-refractivity contribution in [2.75, 3.05) is 6.54 Å². The second-order valence-corrected chi connectivity index (χ2v) is 6.44. The molecule has 0 aromatic carbocycles. The quantitative estimate of drug-likeness (QED) is 0.804. The van der Waals surface area contributed by atoms with Gasteiger partial charge >= 0.3 is 6.09 Å². The van der Waals surface area contributed by atoms with Crippen molar-refractivity contribution in [3.8, 4) is 0 Å². The number of carbonyl (C=O) groups excluding carboxylic acids is 1. The van der Waals surface area contributed by atoms with Crippen LogP contribution in [0.15, 0.2) is 0 Å². The van der Waals surface area contributed by atoms with Crippen molar-refractivity contribution in [1.29, 1.82) is 0 Å². The largest absolute Gasteiger partial charge is 0.444 e. The van der Waals surface area contributed by atoms with E-state index in [1.165, 1.54) is 0 Å². The second-order valence-electron chi connectivity index (χ2n) is 6.44. The first-order chi connectivity index (χ1) is 7.78. The summed E-state index contributed by atoms with van der Waals surface area (Å²) in [7, 11) is 0. The molecule has 4 nitrogen and oxygen atoms in total. The van der Waals surface area contributed by atoms with Crippen LogP contribution in [0.5, 0.6) is 0 Å². The standard InChI is InChI=1S/C13H23NO3/c1-8(15)5-10-9-6-11(10)14(7-9)12(16)17-13(2,3)4/h8-11,15H,5-7H2,1-4H3/t8-,9+,10?,11+/m1/s1. The molecule has 4 atom stereocenters. The SMILES string of the molecule is C[C@@H](O)CC1[C@H]2C[C@@H]1N(C(=O)OC(C)(C)C)C2. The van der Waals surface area contributed by atoms with Crippen molar-refractivity contribution >= 4 is 6.09 Å². The van der Waals surface area contributed by atoms with Gasteiger partial charge < -0.3 is 14.7 Å². The third-order valence-corrected chi connectivity index (χ3v) is 3.72. The van der Waals surface area contributed by atoms with E-state index in [-0.39, 0.29) is 12.2 Å². The summed E-state index contributed by atoms with van der Waals surface area (Å²) in [6, 6.07) is 0.296. The van der Waals surface area contributed by atoms with Crippen LogP contribution in [0.25, 0.3) is 0 Å². The first kappa shape index (κ1) is 12.7. The Kier molecular flexibility index (Phi) is 3.10. The molecule has 0 aromatic rings. The molecule has 1 saturated carbocycles. The van der Waals surface area contributed by atoms with Crippen LogP contribution in [0.4, 0.5) is 4.79 Å². The molecule has 98 valence electrons. The second kappa shape index (κ2) is 4.16. The predicted octanol–water partition coefficient (Wildman–Crippen LogP) is 2.01. The van der Waals surface area contributed by atoms with Crippen LogP contribution in [0.3, 0.4) is 0 Å². The maximum Gasteiger partial charge on any atom is 0.410 e. The van der Waals surface area contributed by atoms with Gasteiger partial charge in [0.05, 0.1) is 6.10 Å². The molecule has 3 rings (SSSR count). The minimum Gasteiger partial charge on any atom is -0.444 e. The van der Waals surface area contributed by atoms with Crippen LogP contribution in [0.1, 0.15) is 40.5 Å². The number of hydrogen-bond donors (Lipinski definition) is 1. The average Bonchev–Trinajstić information content (AvgIpc) is 2.68. The zero-order valence-electron chi connectivity index (χ0n) is 11.1. The van der Waals surface area contributed by atoms with Gasteiger partial charge in [0.2, 0.25) is 0 Å². The number of rotatable bonds is 2. The molecule has 1 amide bonds. The molecule has 1 unspecified atom stereocenters. The zero-order valence-corrected chi connectivity index (χ0v) is 11.1. The Morgan fingerprint density at radius 2 is 2.18 bits per heavy atom. The molecule has 3 fully saturated rings. The fourth-order valence-corrected chi connectivity index (χ4v) is 3.01. The Balaban J connectivity index is 1.91. The van der Waals surface area contributed by atoms with Gasteiger partial charge in [-0.05, 0) is 52.4 Å². The lowest BCUT2D eigenvalue weighted by atomic mass is 9.71. The number of fused-ring (bicyclic) bond motifs is 1. The summed E-state index contributed by atoms with van der Waals surface area (Å²) < 4.78 is 5.40. The molecule has 4 heteroatoms. The highest BCUT2D eigenvalue weighted by molar-refractivity contribution is 5.69. The minimum atomic E-state index is -0.427. The topological polar surface area (TPSA) is 49.8 Å². The van der Waals surface area contributed by atoms with Crippen LogP contribution >= 0.6 is 0 Å². The van der Waals surface area contributed by atoms with Crippen molar-refractivity contribution in [2.45, 2.75) is 58.3 Å². The van der Waals surface area contributed by atoms with Crippen LogP contribution in [-0.4, -0.2) is 40.4 Å². The molecule has 0 aromatic heterocycles. The lowest BCUT2D eigenvalue weighted by molar-refractivity contribution is 0.0161. The van der Waals surface area contributed by atoms with E-state index in [0.717, 1.165) is 19.4 Å². The third kappa shape index (κ3) is 2.57. The zero-order chi connectivity index (χ0) is 12.8. The van der Waals surface area contributed by atoms with Crippen molar-refractivity contribution in [1.82, 2.24) is 4.90 Å². The summed E-state index contributed by atoms with van der Waals surface area (Å²) in [5.74, 6) is 1.05. The van der Waals surface area contributed by atoms with Gasteiger partial charge in [0.1, 0.15) is 5.60 Å². The Morgan fingerprint density at radius 3 is 2.71 bits per heavy atom. The van der Waals surface area contributed by atoms with Gasteiger partial charge in [-0.3, -0.25) is 0 Å². The fraction of sp³-hybridized carbons (Fsp3) is 0.923. The summed E-state index contributed by atoms with van der Waals surface area (Å²) in [6.45, 7) is 8.28. The summed E-state index contributed by atoms with van der Waals surface area (Å²) in [5.41, 5.74) is -0.427. The molecule has 17 heavy (non-hydrogen) atoms. The highest BCUT2D eigenvalue weighted by Crippen LogP contribution is 2.48. The van der Waals surface area contributed by atoms with E-state index in [4.69, 9.17) is 4.74 Å². The number of carbonyl (C=O) groups is 1. The Bertz CT molecular complexity index is 308. The number of ether oxygens (including phenoxy) is 1. The van der Waals surface area contributed by atoms with E-state index < -0.39 is 5.60 Å². The number of amides is 1. The molecule has 2 heterocycles. The molecule has 2 bridgehead atoms. The molecule has 0 spiro atoms. The van der Waals surface area contributed by atoms with Crippen LogP contribution in [0, 0.1) is 11.8 Å². The Labute approximate surface area is 103 Å². The maximum absolute atomic E-state index is 12.0. The van der Waals surface area contributed by atoms with E-state index in [9.17, 15) is 9.90 Å². The predicted molar refractivity (Wildman–Crippen MR) is 64.6 cm³/mol. The van der Waals surface area contributed by atoms with Crippen molar-refractivity contribution in [3.05, 3.63) is 0 Å². The van der Waals surface area contributed by atoms with E-state index in [1.54, 1.807) is 0 Å². The normalized spacial score (nSPS) is 33.2. The van der Waals surface area contributed by atoms with E-state index in [2.05, 4.69) is 0 Å². The van der Waals surface area contributed by atoms with Crippen LogP contribution in [-0.2, 0) is 4.74 Å². The van der Waals surface area contributed by atoms with Gasteiger partial charge in [-0.2, -0.15) is 0 Å². The smallest absolute Gasteiger partial charge is 0.410 e. The molecule has 1 aliphatic carbocycles. The summed E-state index contributed by atoms with van der Waals surface area (Å²) in [4.78, 5) is 13.8. The van der Waals surface area contributed by atoms with Crippen molar-refractivity contribution in [2.24, 2.45) is 11.8 Å². The van der Waals surface area contributed by atoms with Gasteiger partial charge in [-0.1, -0.05) is 0 Å². The number of aliphatic hydroxyl groups is 1. The lowest BCUT2D eigenvalue weighted by Crippen LogP contribution is -2.44. The molecule has 0 radical (unpaired) electrons. The van der Waals surface area contributed by atoms with Gasteiger partial charge in [0.25, 0.3) is 0 Å². The third-order valence-electron chi connectivity index (χ3n) is 3.72. The van der Waals surface area contributed by atoms with Crippen LogP contribution in [0.2, 0.25) is 0 Å². The Morgan fingerprint density at radius 1 is 1.53 bits per heavy atom. The molecule has 3 aliphatic rings. The van der Waals surface area contributed by atoms with Crippen LogP contribution < -0.4 is 0 Å². The monoisotopic (exact) mass is 241 g/mol. The van der Waals surface area contributed by atoms with E-state index in [0.29, 0.717) is 17.9 Å². The Hall–Kier alpha value is -0.770. The lowest BCUT2D eigenvalue weighted by Gasteiger charge is -2.37. The summed E-state index contributed by atoms with van der Waals surface area (Å²) >= 11 is 0. The minimum absolute atomic E-state index is 0.196. The van der Waals surface area contributed by atoms with Gasteiger partial charge in [-0.15, -0.1) is 0 Å². The maximum atomic E-state index is 12.0. The van der Waals surface area contributed by atoms with Gasteiger partial charge in [0, 0.05) is 12.6 Å². The van der Waals surface area contributed by atoms with E-state index in [1.807, 2.05) is 32.6 Å². The first-order valence-corrected chi connectivity index (χ1v) is 6.45. The molecule has 1 N–H and O–H groups in total. The van der Waals surface area contributed by atoms with Gasteiger partial charge in [0.15, 0.2) is 0 Å². The molecule has 2 saturated heterocycles. The van der Waals surface area contributed by atoms with Crippen molar-refractivity contribution < 1.29 is 14.6 Å². The number of hydrogen-bond acceptors (Lipinski definition) is 3. The first-order valence-electron chi connectivity index (χ1n) is 6.45. The summed E-state index contributed by atoms with van der Waals surface area (Å²) in [6.07, 6.45) is 1.41. The van der Waals surface area contributed by atoms with E-state index >= 15 is 0 Å². The number of nitrogens with zero attached hydrogens (tertiary/aromatic N) is 1. The van der Waals surface area contributed by atoms with Crippen molar-refractivity contribution in [3.63, 3.8) is 0 Å². The highest BCUT2D eigenvalue weighted by Gasteiger charge is 2.54. The highest BCUT2D eigenvalue weighted by atomic mass is 16.6. The number of aliphatic hydroxyl groups excluding tert-OH is 1. The molecule has 2 aliphatic heterocycles. The summed E-state index contributed by atoms with van der Waals surface area (Å²) in [5, 5.41) is 9.43. The molecular formula is C13H23NO3. The average molecular weight is 241 g/mol. The van der Waals surface area contributed by atoms with Gasteiger partial charge in [-0.25, -0.2) is 4.79 Å². The fourth-order valence-electron chi connectivity index (χ4n) is 3.01.